The number of benzene rings is 3. The molecule has 4 aromatic rings. The third kappa shape index (κ3) is 5.16. The van der Waals surface area contributed by atoms with E-state index in [4.69, 9.17) is 11.6 Å². The highest BCUT2D eigenvalue weighted by molar-refractivity contribution is 7.99. The molecule has 3 aromatic carbocycles. The van der Waals surface area contributed by atoms with Gasteiger partial charge in [0.2, 0.25) is 5.91 Å². The molecule has 4 rings (SSSR count). The Kier molecular flexibility index (Phi) is 6.39. The number of hydrogen-bond donors (Lipinski definition) is 2. The van der Waals surface area contributed by atoms with Crippen LogP contribution in [0.5, 0.6) is 0 Å². The first-order chi connectivity index (χ1) is 15.0. The fraction of sp³-hybridized carbons (Fsp3) is 0.125. The molecule has 0 spiro atoms. The van der Waals surface area contributed by atoms with Crippen molar-refractivity contribution in [3.63, 3.8) is 0 Å². The third-order valence-corrected chi connectivity index (χ3v) is 6.06. The molecule has 0 unspecified atom stereocenters. The van der Waals surface area contributed by atoms with Crippen LogP contribution in [0.1, 0.15) is 16.8 Å². The van der Waals surface area contributed by atoms with Crippen molar-refractivity contribution in [1.29, 1.82) is 0 Å². The Labute approximate surface area is 188 Å². The molecule has 0 saturated heterocycles. The molecule has 0 fully saturated rings. The lowest BCUT2D eigenvalue weighted by Crippen LogP contribution is -2.18. The van der Waals surface area contributed by atoms with Gasteiger partial charge in [0.25, 0.3) is 5.56 Å². The number of hydrogen-bond acceptors (Lipinski definition) is 4. The fourth-order valence-electron chi connectivity index (χ4n) is 3.29. The zero-order valence-corrected chi connectivity index (χ0v) is 18.4. The molecule has 156 valence electrons. The summed E-state index contributed by atoms with van der Waals surface area (Å²) in [5.74, 6) is -0.0614. The van der Waals surface area contributed by atoms with Crippen LogP contribution in [0, 0.1) is 6.92 Å². The predicted molar refractivity (Wildman–Crippen MR) is 127 cm³/mol. The number of carbonyl (C=O) groups excluding carboxylic acids is 1. The molecule has 0 bridgehead atoms. The molecule has 0 atom stereocenters. The van der Waals surface area contributed by atoms with E-state index in [0.29, 0.717) is 33.5 Å². The van der Waals surface area contributed by atoms with Crippen LogP contribution in [0.25, 0.3) is 10.8 Å². The van der Waals surface area contributed by atoms with Crippen LogP contribution < -0.4 is 10.9 Å². The quantitative estimate of drug-likeness (QED) is 0.313. The van der Waals surface area contributed by atoms with Crippen molar-refractivity contribution in [2.75, 3.05) is 11.1 Å². The molecule has 1 heterocycles. The first-order valence-corrected chi connectivity index (χ1v) is 11.1. The zero-order chi connectivity index (χ0) is 21.8. The van der Waals surface area contributed by atoms with E-state index in [1.807, 2.05) is 18.2 Å². The summed E-state index contributed by atoms with van der Waals surface area (Å²) >= 11 is 7.06. The molecule has 1 aromatic heterocycles. The van der Waals surface area contributed by atoms with Crippen molar-refractivity contribution in [3.05, 3.63) is 98.9 Å². The van der Waals surface area contributed by atoms with Gasteiger partial charge < -0.3 is 10.3 Å². The normalized spacial score (nSPS) is 10.9. The number of thioether (sulfide) groups is 1. The first-order valence-electron chi connectivity index (χ1n) is 9.74. The van der Waals surface area contributed by atoms with Crippen molar-refractivity contribution in [2.24, 2.45) is 0 Å². The number of amides is 1. The predicted octanol–water partition coefficient (Wildman–Crippen LogP) is 5.21. The van der Waals surface area contributed by atoms with E-state index in [1.54, 1.807) is 31.2 Å². The summed E-state index contributed by atoms with van der Waals surface area (Å²) in [6.45, 7) is 1.77. The smallest absolute Gasteiger partial charge is 0.254 e. The Balaban J connectivity index is 1.50. The molecule has 7 heteroatoms. The monoisotopic (exact) mass is 449 g/mol. The van der Waals surface area contributed by atoms with Gasteiger partial charge in [0, 0.05) is 22.7 Å². The molecule has 0 aliphatic carbocycles. The molecular formula is C24H20ClN3O2S. The van der Waals surface area contributed by atoms with Crippen LogP contribution in [0.15, 0.2) is 76.7 Å². The summed E-state index contributed by atoms with van der Waals surface area (Å²) in [5, 5.41) is 6.12. The standard InChI is InChI=1S/C24H20ClN3O2S/c1-15-21(13-17-7-4-6-16-5-2-3-8-20(16)17)27-24(28-23(15)30)31-14-22(29)26-19-11-9-18(25)10-12-19/h2-12H,13-14H2,1H3,(H,26,29)(H,27,28,30). The van der Waals surface area contributed by atoms with Crippen LogP contribution in [0.3, 0.4) is 0 Å². The zero-order valence-electron chi connectivity index (χ0n) is 16.8. The van der Waals surface area contributed by atoms with Crippen molar-refractivity contribution in [1.82, 2.24) is 9.97 Å². The number of H-pyrrole nitrogens is 1. The van der Waals surface area contributed by atoms with E-state index in [2.05, 4.69) is 39.6 Å². The van der Waals surface area contributed by atoms with E-state index in [0.717, 1.165) is 16.3 Å². The summed E-state index contributed by atoms with van der Waals surface area (Å²) in [5.41, 5.74) is 2.88. The van der Waals surface area contributed by atoms with Crippen LogP contribution in [-0.2, 0) is 11.2 Å². The second-order valence-corrected chi connectivity index (χ2v) is 8.50. The Hall–Kier alpha value is -3.09. The maximum absolute atomic E-state index is 12.5. The lowest BCUT2D eigenvalue weighted by molar-refractivity contribution is -0.113. The summed E-state index contributed by atoms with van der Waals surface area (Å²) in [4.78, 5) is 32.1. The number of halogens is 1. The van der Waals surface area contributed by atoms with E-state index in [9.17, 15) is 9.59 Å². The minimum absolute atomic E-state index is 0.127. The second-order valence-electron chi connectivity index (χ2n) is 7.10. The SMILES string of the molecule is Cc1c(Cc2cccc3ccccc23)nc(SCC(=O)Nc2ccc(Cl)cc2)[nH]c1=O. The van der Waals surface area contributed by atoms with Crippen LogP contribution >= 0.6 is 23.4 Å². The fourth-order valence-corrected chi connectivity index (χ4v) is 4.09. The van der Waals surface area contributed by atoms with Gasteiger partial charge in [-0.2, -0.15) is 0 Å². The molecule has 0 aliphatic heterocycles. The van der Waals surface area contributed by atoms with Crippen LogP contribution in [-0.4, -0.2) is 21.6 Å². The van der Waals surface area contributed by atoms with E-state index >= 15 is 0 Å². The highest BCUT2D eigenvalue weighted by Crippen LogP contribution is 2.22. The molecule has 31 heavy (non-hydrogen) atoms. The lowest BCUT2D eigenvalue weighted by Gasteiger charge is -2.10. The van der Waals surface area contributed by atoms with Crippen molar-refractivity contribution >= 4 is 45.7 Å². The minimum atomic E-state index is -0.189. The number of nitrogens with zero attached hydrogens (tertiary/aromatic N) is 1. The van der Waals surface area contributed by atoms with Gasteiger partial charge in [-0.1, -0.05) is 65.8 Å². The minimum Gasteiger partial charge on any atom is -0.325 e. The molecule has 5 nitrogen and oxygen atoms in total. The van der Waals surface area contributed by atoms with Gasteiger partial charge in [-0.25, -0.2) is 4.98 Å². The first kappa shape index (κ1) is 21.2. The number of fused-ring (bicyclic) bond motifs is 1. The van der Waals surface area contributed by atoms with Gasteiger partial charge in [0.1, 0.15) is 0 Å². The third-order valence-electron chi connectivity index (χ3n) is 4.94. The molecule has 2 N–H and O–H groups in total. The Morgan fingerprint density at radius 3 is 2.61 bits per heavy atom. The Morgan fingerprint density at radius 2 is 1.81 bits per heavy atom. The van der Waals surface area contributed by atoms with Gasteiger partial charge >= 0.3 is 0 Å². The van der Waals surface area contributed by atoms with Crippen molar-refractivity contribution < 1.29 is 4.79 Å². The second kappa shape index (κ2) is 9.37. The molecule has 0 radical (unpaired) electrons. The molecule has 1 amide bonds. The highest BCUT2D eigenvalue weighted by atomic mass is 35.5. The number of rotatable bonds is 6. The Morgan fingerprint density at radius 1 is 1.06 bits per heavy atom. The summed E-state index contributed by atoms with van der Waals surface area (Å²) in [7, 11) is 0. The van der Waals surface area contributed by atoms with Crippen LogP contribution in [0.4, 0.5) is 5.69 Å². The maximum Gasteiger partial charge on any atom is 0.254 e. The molecular weight excluding hydrogens is 430 g/mol. The van der Waals surface area contributed by atoms with E-state index in [-0.39, 0.29) is 17.2 Å². The highest BCUT2D eigenvalue weighted by Gasteiger charge is 2.12. The number of carbonyl (C=O) groups is 1. The number of nitrogens with one attached hydrogen (secondary N) is 2. The average molecular weight is 450 g/mol. The summed E-state index contributed by atoms with van der Waals surface area (Å²) in [6.07, 6.45) is 0.543. The van der Waals surface area contributed by atoms with Gasteiger partial charge in [-0.15, -0.1) is 0 Å². The van der Waals surface area contributed by atoms with Gasteiger partial charge in [0.05, 0.1) is 11.4 Å². The molecule has 0 aliphatic rings. The average Bonchev–Trinajstić information content (AvgIpc) is 2.77. The van der Waals surface area contributed by atoms with Gasteiger partial charge in [-0.3, -0.25) is 9.59 Å². The number of aromatic amines is 1. The maximum atomic E-state index is 12.5. The summed E-state index contributed by atoms with van der Waals surface area (Å²) in [6, 6.07) is 21.2. The number of aromatic nitrogens is 2. The van der Waals surface area contributed by atoms with Crippen molar-refractivity contribution in [3.8, 4) is 0 Å². The van der Waals surface area contributed by atoms with Crippen LogP contribution in [0.2, 0.25) is 5.02 Å². The summed E-state index contributed by atoms with van der Waals surface area (Å²) < 4.78 is 0. The molecule has 0 saturated carbocycles. The Bertz CT molecular complexity index is 1300. The lowest BCUT2D eigenvalue weighted by atomic mass is 9.99. The van der Waals surface area contributed by atoms with E-state index in [1.165, 1.54) is 11.8 Å². The van der Waals surface area contributed by atoms with Gasteiger partial charge in [-0.05, 0) is 47.5 Å². The van der Waals surface area contributed by atoms with E-state index < -0.39 is 0 Å². The number of anilines is 1. The largest absolute Gasteiger partial charge is 0.325 e. The topological polar surface area (TPSA) is 74.8 Å². The van der Waals surface area contributed by atoms with Gasteiger partial charge in [0.15, 0.2) is 5.16 Å². The van der Waals surface area contributed by atoms with Crippen molar-refractivity contribution in [2.45, 2.75) is 18.5 Å².